The lowest BCUT2D eigenvalue weighted by molar-refractivity contribution is -0.127. The molecule has 0 atom stereocenters. The summed E-state index contributed by atoms with van der Waals surface area (Å²) in [6, 6.07) is 3.91. The highest BCUT2D eigenvalue weighted by atomic mass is 32.1. The second-order valence-electron chi connectivity index (χ2n) is 4.34. The first-order valence-corrected chi connectivity index (χ1v) is 6.41. The van der Waals surface area contributed by atoms with Crippen LogP contribution in [0.1, 0.15) is 0 Å². The molecule has 6 heteroatoms. The van der Waals surface area contributed by atoms with Crippen LogP contribution in [0.2, 0.25) is 0 Å². The second kappa shape index (κ2) is 4.81. The van der Waals surface area contributed by atoms with Crippen LogP contribution in [-0.2, 0) is 4.79 Å². The Balaban J connectivity index is 2.30. The van der Waals surface area contributed by atoms with Crippen LogP contribution in [0.3, 0.4) is 0 Å². The van der Waals surface area contributed by atoms with Crippen molar-refractivity contribution in [1.29, 1.82) is 0 Å². The van der Waals surface area contributed by atoms with E-state index in [9.17, 15) is 4.79 Å². The third kappa shape index (κ3) is 2.24. The average Bonchev–Trinajstić information content (AvgIpc) is 2.78. The number of fused-ring (bicyclic) bond motifs is 1. The fourth-order valence-electron chi connectivity index (χ4n) is 1.70. The van der Waals surface area contributed by atoms with Gasteiger partial charge in [-0.15, -0.1) is 11.3 Å². The van der Waals surface area contributed by atoms with Gasteiger partial charge in [0, 0.05) is 21.1 Å². The number of carbonyl (C=O) groups excluding carboxylic acids is 1. The van der Waals surface area contributed by atoms with Gasteiger partial charge in [-0.1, -0.05) is 0 Å². The van der Waals surface area contributed by atoms with Crippen LogP contribution in [0.15, 0.2) is 17.6 Å². The Morgan fingerprint density at radius 2 is 2.11 bits per heavy atom. The molecule has 0 saturated carbocycles. The van der Waals surface area contributed by atoms with E-state index < -0.39 is 0 Å². The van der Waals surface area contributed by atoms with Crippen molar-refractivity contribution in [3.05, 3.63) is 17.6 Å². The molecule has 1 aromatic heterocycles. The number of carbonyl (C=O) groups is 1. The normalized spacial score (nSPS) is 10.6. The zero-order chi connectivity index (χ0) is 13.3. The molecule has 0 spiro atoms. The minimum absolute atomic E-state index is 0.0373. The lowest BCUT2D eigenvalue weighted by Gasteiger charge is -2.22. The molecule has 96 valence electrons. The molecule has 2 N–H and O–H groups in total. The van der Waals surface area contributed by atoms with Gasteiger partial charge in [0.05, 0.1) is 28.1 Å². The molecule has 5 nitrogen and oxygen atoms in total. The number of nitrogens with zero attached hydrogens (tertiary/aromatic N) is 3. The Kier molecular flexibility index (Phi) is 3.38. The maximum absolute atomic E-state index is 11.7. The van der Waals surface area contributed by atoms with Gasteiger partial charge in [-0.2, -0.15) is 0 Å². The second-order valence-corrected chi connectivity index (χ2v) is 5.23. The van der Waals surface area contributed by atoms with Crippen LogP contribution in [0.5, 0.6) is 0 Å². The van der Waals surface area contributed by atoms with Gasteiger partial charge in [-0.3, -0.25) is 4.79 Å². The molecule has 0 unspecified atom stereocenters. The number of amides is 1. The molecule has 1 amide bonds. The SMILES string of the molecule is CN(C)C(=O)CN(C)c1ccc2scnc2c1N. The minimum Gasteiger partial charge on any atom is -0.395 e. The van der Waals surface area contributed by atoms with Gasteiger partial charge in [-0.25, -0.2) is 4.98 Å². The van der Waals surface area contributed by atoms with E-state index in [1.807, 2.05) is 24.1 Å². The van der Waals surface area contributed by atoms with Crippen molar-refractivity contribution in [1.82, 2.24) is 9.88 Å². The topological polar surface area (TPSA) is 62.5 Å². The molecule has 0 aliphatic heterocycles. The van der Waals surface area contributed by atoms with Crippen molar-refractivity contribution in [2.75, 3.05) is 38.3 Å². The quantitative estimate of drug-likeness (QED) is 0.851. The van der Waals surface area contributed by atoms with E-state index in [-0.39, 0.29) is 5.91 Å². The maximum Gasteiger partial charge on any atom is 0.241 e. The van der Waals surface area contributed by atoms with Crippen LogP contribution in [0.25, 0.3) is 10.2 Å². The van der Waals surface area contributed by atoms with E-state index in [0.29, 0.717) is 12.2 Å². The summed E-state index contributed by atoms with van der Waals surface area (Å²) < 4.78 is 1.06. The molecule has 0 aliphatic carbocycles. The molecular weight excluding hydrogens is 248 g/mol. The van der Waals surface area contributed by atoms with Gasteiger partial charge in [0.1, 0.15) is 5.52 Å². The Morgan fingerprint density at radius 3 is 2.78 bits per heavy atom. The van der Waals surface area contributed by atoms with Gasteiger partial charge in [0.15, 0.2) is 0 Å². The molecule has 0 saturated heterocycles. The lowest BCUT2D eigenvalue weighted by Crippen LogP contribution is -2.34. The number of rotatable bonds is 3. The fourth-order valence-corrected chi connectivity index (χ4v) is 2.40. The van der Waals surface area contributed by atoms with Crippen LogP contribution in [0, 0.1) is 0 Å². The summed E-state index contributed by atoms with van der Waals surface area (Å²) in [5, 5.41) is 0. The van der Waals surface area contributed by atoms with Crippen LogP contribution >= 0.6 is 11.3 Å². The molecule has 18 heavy (non-hydrogen) atoms. The maximum atomic E-state index is 11.7. The van der Waals surface area contributed by atoms with Crippen molar-refractivity contribution < 1.29 is 4.79 Å². The van der Waals surface area contributed by atoms with E-state index >= 15 is 0 Å². The first-order valence-electron chi connectivity index (χ1n) is 5.53. The van der Waals surface area contributed by atoms with Crippen molar-refractivity contribution >= 4 is 38.8 Å². The van der Waals surface area contributed by atoms with Gasteiger partial charge >= 0.3 is 0 Å². The van der Waals surface area contributed by atoms with Gasteiger partial charge < -0.3 is 15.5 Å². The van der Waals surface area contributed by atoms with Gasteiger partial charge in [-0.05, 0) is 12.1 Å². The Labute approximate surface area is 110 Å². The fraction of sp³-hybridized carbons (Fsp3) is 0.333. The first kappa shape index (κ1) is 12.6. The van der Waals surface area contributed by atoms with Gasteiger partial charge in [0.25, 0.3) is 0 Å². The summed E-state index contributed by atoms with van der Waals surface area (Å²) in [7, 11) is 5.33. The highest BCUT2D eigenvalue weighted by molar-refractivity contribution is 7.16. The van der Waals surface area contributed by atoms with Gasteiger partial charge in [0.2, 0.25) is 5.91 Å². The summed E-state index contributed by atoms with van der Waals surface area (Å²) in [6.07, 6.45) is 0. The number of thiazole rings is 1. The molecule has 1 aromatic carbocycles. The Morgan fingerprint density at radius 1 is 1.39 bits per heavy atom. The number of nitrogen functional groups attached to an aromatic ring is 1. The Bertz CT molecular complexity index is 578. The predicted octanol–water partition coefficient (Wildman–Crippen LogP) is 1.40. The molecule has 0 aliphatic rings. The average molecular weight is 264 g/mol. The number of hydrogen-bond donors (Lipinski definition) is 1. The highest BCUT2D eigenvalue weighted by Crippen LogP contribution is 2.31. The third-order valence-corrected chi connectivity index (χ3v) is 3.60. The minimum atomic E-state index is 0.0373. The van der Waals surface area contributed by atoms with Crippen LogP contribution in [0.4, 0.5) is 11.4 Å². The number of aromatic nitrogens is 1. The predicted molar refractivity (Wildman–Crippen MR) is 76.0 cm³/mol. The summed E-state index contributed by atoms with van der Waals surface area (Å²) in [6.45, 7) is 0.298. The van der Waals surface area contributed by atoms with Crippen LogP contribution in [-0.4, -0.2) is 43.5 Å². The zero-order valence-corrected chi connectivity index (χ0v) is 11.5. The van der Waals surface area contributed by atoms with Crippen molar-refractivity contribution in [2.45, 2.75) is 0 Å². The number of nitrogens with two attached hydrogens (primary N) is 1. The van der Waals surface area contributed by atoms with Crippen LogP contribution < -0.4 is 10.6 Å². The summed E-state index contributed by atoms with van der Waals surface area (Å²) in [5.41, 5.74) is 10.1. The number of hydrogen-bond acceptors (Lipinski definition) is 5. The van der Waals surface area contributed by atoms with E-state index in [2.05, 4.69) is 4.98 Å². The largest absolute Gasteiger partial charge is 0.395 e. The molecule has 0 fully saturated rings. The molecular formula is C12H16N4OS. The first-order chi connectivity index (χ1) is 8.50. The molecule has 1 heterocycles. The summed E-state index contributed by atoms with van der Waals surface area (Å²) in [4.78, 5) is 19.3. The molecule has 0 bridgehead atoms. The molecule has 2 rings (SSSR count). The summed E-state index contributed by atoms with van der Waals surface area (Å²) >= 11 is 1.56. The monoisotopic (exact) mass is 264 g/mol. The summed E-state index contributed by atoms with van der Waals surface area (Å²) in [5.74, 6) is 0.0373. The van der Waals surface area contributed by atoms with Crippen molar-refractivity contribution in [3.63, 3.8) is 0 Å². The Hall–Kier alpha value is -1.82. The number of likely N-dealkylation sites (N-methyl/N-ethyl adjacent to an activating group) is 2. The highest BCUT2D eigenvalue weighted by Gasteiger charge is 2.14. The van der Waals surface area contributed by atoms with E-state index in [4.69, 9.17) is 5.73 Å². The van der Waals surface area contributed by atoms with E-state index in [1.54, 1.807) is 35.8 Å². The van der Waals surface area contributed by atoms with Crippen molar-refractivity contribution in [3.8, 4) is 0 Å². The number of benzene rings is 1. The van der Waals surface area contributed by atoms with E-state index in [0.717, 1.165) is 15.9 Å². The third-order valence-electron chi connectivity index (χ3n) is 2.80. The molecule has 2 aromatic rings. The van der Waals surface area contributed by atoms with E-state index in [1.165, 1.54) is 0 Å². The molecule has 0 radical (unpaired) electrons. The standard InChI is InChI=1S/C12H16N4OS/c1-15(2)10(17)6-16(3)8-4-5-9-12(11(8)13)14-7-18-9/h4-5,7H,6,13H2,1-3H3. The lowest BCUT2D eigenvalue weighted by atomic mass is 10.2. The zero-order valence-electron chi connectivity index (χ0n) is 10.7. The van der Waals surface area contributed by atoms with Crippen molar-refractivity contribution in [2.24, 2.45) is 0 Å². The number of anilines is 2. The smallest absolute Gasteiger partial charge is 0.241 e.